The molecule has 0 saturated carbocycles. The van der Waals surface area contributed by atoms with E-state index in [4.69, 9.17) is 4.74 Å². The molecule has 0 spiro atoms. The maximum Gasteiger partial charge on any atom is 0.408 e. The molecule has 1 amide bonds. The molecule has 0 heterocycles. The average Bonchev–Trinajstić information content (AvgIpc) is 2.08. The Labute approximate surface area is 108 Å². The largest absolute Gasteiger partial charge is 0.444 e. The van der Waals surface area contributed by atoms with Gasteiger partial charge in [-0.15, -0.1) is 12.6 Å². The fourth-order valence-electron chi connectivity index (χ4n) is 1.09. The van der Waals surface area contributed by atoms with Gasteiger partial charge in [0.1, 0.15) is 11.6 Å². The van der Waals surface area contributed by atoms with Gasteiger partial charge >= 0.3 is 6.09 Å². The summed E-state index contributed by atoms with van der Waals surface area (Å²) >= 11 is 3.75. The molecule has 0 saturated heterocycles. The lowest BCUT2D eigenvalue weighted by atomic mass is 10.2. The van der Waals surface area contributed by atoms with Crippen molar-refractivity contribution in [1.29, 1.82) is 0 Å². The molecule has 0 radical (unpaired) electrons. The van der Waals surface area contributed by atoms with E-state index in [9.17, 15) is 9.59 Å². The van der Waals surface area contributed by atoms with Crippen molar-refractivity contribution in [3.63, 3.8) is 0 Å². The second-order valence-electron chi connectivity index (χ2n) is 5.13. The van der Waals surface area contributed by atoms with E-state index >= 15 is 0 Å². The molecule has 0 bridgehead atoms. The summed E-state index contributed by atoms with van der Waals surface area (Å²) < 4.78 is 5.08. The Kier molecular flexibility index (Phi) is 6.56. The smallest absolute Gasteiger partial charge is 0.408 e. The van der Waals surface area contributed by atoms with Crippen LogP contribution in [0.5, 0.6) is 0 Å². The number of carbonyl (C=O) groups excluding carboxylic acids is 2. The van der Waals surface area contributed by atoms with Gasteiger partial charge in [-0.05, 0) is 47.8 Å². The predicted molar refractivity (Wildman–Crippen MR) is 70.3 cm³/mol. The van der Waals surface area contributed by atoms with Crippen molar-refractivity contribution in [1.82, 2.24) is 10.2 Å². The molecule has 0 aromatic heterocycles. The van der Waals surface area contributed by atoms with Crippen LogP contribution in [0.15, 0.2) is 0 Å². The Morgan fingerprint density at radius 1 is 1.35 bits per heavy atom. The number of hydrogen-bond acceptors (Lipinski definition) is 4. The quantitative estimate of drug-likeness (QED) is 0.733. The first-order valence-corrected chi connectivity index (χ1v) is 5.93. The zero-order valence-electron chi connectivity index (χ0n) is 11.1. The third-order valence-electron chi connectivity index (χ3n) is 1.85. The van der Waals surface area contributed by atoms with Crippen LogP contribution in [-0.2, 0) is 9.53 Å². The molecule has 6 heteroatoms. The minimum atomic E-state index is -0.615. The number of nitrogens with one attached hydrogen (secondary N) is 1. The molecular weight excluding hydrogens is 240 g/mol. The molecule has 0 aliphatic heterocycles. The Morgan fingerprint density at radius 3 is 2.24 bits per heavy atom. The standard InChI is InChI=1S/C11H22N2O3S/c1-11(2,3)16-10(15)12-8(9(14)17)6-7-13(4)5/h8H,6-7H2,1-5H3,(H,12,15)(H,14,17)/t8-/m0/s1. The second-order valence-corrected chi connectivity index (χ2v) is 5.57. The molecule has 17 heavy (non-hydrogen) atoms. The summed E-state index contributed by atoms with van der Waals surface area (Å²) in [5, 5.41) is 2.15. The summed E-state index contributed by atoms with van der Waals surface area (Å²) in [6.07, 6.45) is -0.0853. The molecule has 0 fully saturated rings. The summed E-state index contributed by atoms with van der Waals surface area (Å²) in [4.78, 5) is 24.6. The van der Waals surface area contributed by atoms with Crippen LogP contribution in [0.2, 0.25) is 0 Å². The lowest BCUT2D eigenvalue weighted by Gasteiger charge is -2.23. The number of rotatable bonds is 5. The van der Waals surface area contributed by atoms with Gasteiger partial charge in [-0.2, -0.15) is 0 Å². The van der Waals surface area contributed by atoms with Gasteiger partial charge in [0.25, 0.3) is 0 Å². The monoisotopic (exact) mass is 262 g/mol. The maximum absolute atomic E-state index is 11.5. The highest BCUT2D eigenvalue weighted by Gasteiger charge is 2.22. The van der Waals surface area contributed by atoms with Crippen LogP contribution in [0.3, 0.4) is 0 Å². The summed E-state index contributed by atoms with van der Waals surface area (Å²) in [6.45, 7) is 5.99. The van der Waals surface area contributed by atoms with Crippen molar-refractivity contribution < 1.29 is 14.3 Å². The van der Waals surface area contributed by atoms with Crippen molar-refractivity contribution in [3.8, 4) is 0 Å². The molecule has 5 nitrogen and oxygen atoms in total. The van der Waals surface area contributed by atoms with Crippen LogP contribution in [0, 0.1) is 0 Å². The van der Waals surface area contributed by atoms with Crippen LogP contribution in [0.4, 0.5) is 4.79 Å². The average molecular weight is 262 g/mol. The SMILES string of the molecule is CN(C)CC[C@H](NC(=O)OC(C)(C)C)C(=O)S. The van der Waals surface area contributed by atoms with E-state index in [2.05, 4.69) is 17.9 Å². The Balaban J connectivity index is 4.26. The van der Waals surface area contributed by atoms with E-state index in [1.165, 1.54) is 0 Å². The number of amides is 1. The Bertz CT molecular complexity index is 274. The first-order valence-electron chi connectivity index (χ1n) is 5.49. The second kappa shape index (κ2) is 6.86. The third kappa shape index (κ3) is 9.00. The summed E-state index contributed by atoms with van der Waals surface area (Å²) in [5.41, 5.74) is -0.574. The van der Waals surface area contributed by atoms with E-state index in [1.54, 1.807) is 20.8 Å². The highest BCUT2D eigenvalue weighted by atomic mass is 32.1. The first kappa shape index (κ1) is 16.2. The number of hydrogen-bond donors (Lipinski definition) is 2. The lowest BCUT2D eigenvalue weighted by Crippen LogP contribution is -2.43. The van der Waals surface area contributed by atoms with Crippen molar-refractivity contribution in [2.45, 2.75) is 38.8 Å². The molecule has 0 unspecified atom stereocenters. The van der Waals surface area contributed by atoms with E-state index in [0.29, 0.717) is 13.0 Å². The predicted octanol–water partition coefficient (Wildman–Crippen LogP) is 1.29. The summed E-state index contributed by atoms with van der Waals surface area (Å²) in [7, 11) is 3.79. The topological polar surface area (TPSA) is 58.6 Å². The van der Waals surface area contributed by atoms with Crippen LogP contribution < -0.4 is 5.32 Å². The third-order valence-corrected chi connectivity index (χ3v) is 2.17. The molecule has 0 rings (SSSR count). The minimum absolute atomic E-state index is 0.363. The fraction of sp³-hybridized carbons (Fsp3) is 0.818. The van der Waals surface area contributed by atoms with Gasteiger partial charge in [0, 0.05) is 0 Å². The summed E-state index contributed by atoms with van der Waals surface area (Å²) in [5.74, 6) is 0. The number of ether oxygens (including phenoxy) is 1. The van der Waals surface area contributed by atoms with Gasteiger partial charge in [0.15, 0.2) is 0 Å². The first-order chi connectivity index (χ1) is 7.61. The lowest BCUT2D eigenvalue weighted by molar-refractivity contribution is -0.112. The van der Waals surface area contributed by atoms with Gasteiger partial charge in [-0.1, -0.05) is 0 Å². The van der Waals surface area contributed by atoms with E-state index in [1.807, 2.05) is 19.0 Å². The fourth-order valence-corrected chi connectivity index (χ4v) is 1.29. The highest BCUT2D eigenvalue weighted by Crippen LogP contribution is 2.08. The van der Waals surface area contributed by atoms with Crippen LogP contribution >= 0.6 is 12.6 Å². The van der Waals surface area contributed by atoms with Crippen LogP contribution in [0.25, 0.3) is 0 Å². The van der Waals surface area contributed by atoms with Gasteiger partial charge in [0.2, 0.25) is 5.12 Å². The zero-order chi connectivity index (χ0) is 13.6. The Hall–Kier alpha value is -0.750. The van der Waals surface area contributed by atoms with E-state index in [-0.39, 0.29) is 5.12 Å². The number of carbonyl (C=O) groups is 2. The van der Waals surface area contributed by atoms with Crippen molar-refractivity contribution >= 4 is 23.8 Å². The van der Waals surface area contributed by atoms with Gasteiger partial charge < -0.3 is 15.0 Å². The molecule has 1 N–H and O–H groups in total. The molecule has 0 aliphatic carbocycles. The zero-order valence-corrected chi connectivity index (χ0v) is 12.0. The Morgan fingerprint density at radius 2 is 1.88 bits per heavy atom. The van der Waals surface area contributed by atoms with Crippen molar-refractivity contribution in [3.05, 3.63) is 0 Å². The van der Waals surface area contributed by atoms with Crippen molar-refractivity contribution in [2.75, 3.05) is 20.6 Å². The molecule has 100 valence electrons. The molecule has 0 aromatic carbocycles. The number of alkyl carbamates (subject to hydrolysis) is 1. The molecule has 0 aromatic rings. The van der Waals surface area contributed by atoms with Gasteiger partial charge in [-0.25, -0.2) is 4.79 Å². The number of nitrogens with zero attached hydrogens (tertiary/aromatic N) is 1. The van der Waals surface area contributed by atoms with Crippen LogP contribution in [-0.4, -0.2) is 48.4 Å². The molecule has 1 atom stereocenters. The van der Waals surface area contributed by atoms with E-state index in [0.717, 1.165) is 0 Å². The molecule has 0 aliphatic rings. The van der Waals surface area contributed by atoms with Crippen molar-refractivity contribution in [2.24, 2.45) is 0 Å². The summed E-state index contributed by atoms with van der Waals surface area (Å²) in [6, 6.07) is -0.615. The van der Waals surface area contributed by atoms with E-state index < -0.39 is 17.7 Å². The highest BCUT2D eigenvalue weighted by molar-refractivity contribution is 7.96. The molecular formula is C11H22N2O3S. The normalized spacial score (nSPS) is 13.4. The number of thiol groups is 1. The van der Waals surface area contributed by atoms with Gasteiger partial charge in [-0.3, -0.25) is 4.79 Å². The minimum Gasteiger partial charge on any atom is -0.444 e. The van der Waals surface area contributed by atoms with Gasteiger partial charge in [0.05, 0.1) is 0 Å². The maximum atomic E-state index is 11.5. The van der Waals surface area contributed by atoms with Crippen LogP contribution in [0.1, 0.15) is 27.2 Å².